The molecule has 1 rings (SSSR count). The van der Waals surface area contributed by atoms with Crippen LogP contribution in [0.5, 0.6) is 0 Å². The standard InChI is InChI=1S/C6H12O.2V/c1-6-2-4-7-5-3-6;;/h6H,2-5H2,1H3;;. The van der Waals surface area contributed by atoms with Crippen LogP contribution in [0, 0.1) is 5.92 Å². The van der Waals surface area contributed by atoms with Crippen molar-refractivity contribution in [2.75, 3.05) is 13.2 Å². The normalized spacial score (nSPS) is 19.7. The van der Waals surface area contributed by atoms with Crippen LogP contribution in [0.3, 0.4) is 0 Å². The van der Waals surface area contributed by atoms with Crippen LogP contribution in [0.4, 0.5) is 0 Å². The van der Waals surface area contributed by atoms with Gasteiger partial charge in [0, 0.05) is 50.3 Å². The minimum Gasteiger partial charge on any atom is -0.381 e. The average Bonchev–Trinajstić information content (AvgIpc) is 1.69. The van der Waals surface area contributed by atoms with Gasteiger partial charge in [0.25, 0.3) is 0 Å². The van der Waals surface area contributed by atoms with Crippen LogP contribution in [-0.4, -0.2) is 13.2 Å². The molecule has 9 heavy (non-hydrogen) atoms. The van der Waals surface area contributed by atoms with E-state index in [9.17, 15) is 0 Å². The molecule has 1 heterocycles. The Kier molecular flexibility index (Phi) is 10.3. The zero-order valence-corrected chi connectivity index (χ0v) is 8.50. The quantitative estimate of drug-likeness (QED) is 0.577. The number of ether oxygens (including phenoxy) is 1. The van der Waals surface area contributed by atoms with Gasteiger partial charge in [-0.15, -0.1) is 0 Å². The fourth-order valence-electron chi connectivity index (χ4n) is 0.815. The SMILES string of the molecule is CC1CCOCC1.[V].[V]. The van der Waals surface area contributed by atoms with Crippen molar-refractivity contribution in [1.82, 2.24) is 0 Å². The summed E-state index contributed by atoms with van der Waals surface area (Å²) in [6.45, 7) is 4.25. The molecule has 1 aliphatic heterocycles. The fourth-order valence-corrected chi connectivity index (χ4v) is 0.815. The maximum absolute atomic E-state index is 5.14. The summed E-state index contributed by atoms with van der Waals surface area (Å²) < 4.78 is 5.14. The molecule has 1 fully saturated rings. The van der Waals surface area contributed by atoms with Crippen molar-refractivity contribution < 1.29 is 41.8 Å². The predicted octanol–water partition coefficient (Wildman–Crippen LogP) is 1.43. The second kappa shape index (κ2) is 7.24. The smallest absolute Gasteiger partial charge is 0.0468 e. The minimum atomic E-state index is 0. The molecule has 52 valence electrons. The summed E-state index contributed by atoms with van der Waals surface area (Å²) in [5.41, 5.74) is 0. The third-order valence-electron chi connectivity index (χ3n) is 1.51. The van der Waals surface area contributed by atoms with Crippen LogP contribution < -0.4 is 0 Å². The first-order chi connectivity index (χ1) is 3.39. The van der Waals surface area contributed by atoms with E-state index >= 15 is 0 Å². The van der Waals surface area contributed by atoms with Gasteiger partial charge in [0.1, 0.15) is 0 Å². The molecule has 0 bridgehead atoms. The van der Waals surface area contributed by atoms with Gasteiger partial charge in [0.05, 0.1) is 0 Å². The van der Waals surface area contributed by atoms with Gasteiger partial charge >= 0.3 is 0 Å². The van der Waals surface area contributed by atoms with E-state index in [-0.39, 0.29) is 37.1 Å². The van der Waals surface area contributed by atoms with Crippen molar-refractivity contribution in [3.63, 3.8) is 0 Å². The second-order valence-corrected chi connectivity index (χ2v) is 2.29. The van der Waals surface area contributed by atoms with E-state index in [1.807, 2.05) is 0 Å². The summed E-state index contributed by atoms with van der Waals surface area (Å²) in [6.07, 6.45) is 2.53. The molecule has 0 aliphatic carbocycles. The molecule has 1 nitrogen and oxygen atoms in total. The van der Waals surface area contributed by atoms with Gasteiger partial charge in [-0.25, -0.2) is 0 Å². The zero-order valence-electron chi connectivity index (χ0n) is 5.71. The minimum absolute atomic E-state index is 0. The van der Waals surface area contributed by atoms with Crippen molar-refractivity contribution in [2.45, 2.75) is 19.8 Å². The molecule has 3 heteroatoms. The van der Waals surface area contributed by atoms with Crippen molar-refractivity contribution in [1.29, 1.82) is 0 Å². The van der Waals surface area contributed by atoms with Crippen LogP contribution in [0.2, 0.25) is 0 Å². The van der Waals surface area contributed by atoms with E-state index < -0.39 is 0 Å². The molecule has 0 aromatic heterocycles. The van der Waals surface area contributed by atoms with Crippen LogP contribution in [0.1, 0.15) is 19.8 Å². The molecule has 0 saturated carbocycles. The monoisotopic (exact) mass is 202 g/mol. The largest absolute Gasteiger partial charge is 0.381 e. The Morgan fingerprint density at radius 1 is 1.11 bits per heavy atom. The van der Waals surface area contributed by atoms with Gasteiger partial charge in [-0.1, -0.05) is 6.92 Å². The molecule has 0 spiro atoms. The zero-order chi connectivity index (χ0) is 5.11. The van der Waals surface area contributed by atoms with E-state index in [1.165, 1.54) is 12.8 Å². The summed E-state index contributed by atoms with van der Waals surface area (Å²) in [6, 6.07) is 0. The van der Waals surface area contributed by atoms with Crippen LogP contribution in [0.15, 0.2) is 0 Å². The van der Waals surface area contributed by atoms with Gasteiger partial charge in [-0.3, -0.25) is 0 Å². The summed E-state index contributed by atoms with van der Waals surface area (Å²) in [5, 5.41) is 0. The molecule has 0 aromatic rings. The molecule has 0 N–H and O–H groups in total. The van der Waals surface area contributed by atoms with E-state index in [2.05, 4.69) is 6.92 Å². The summed E-state index contributed by atoms with van der Waals surface area (Å²) in [7, 11) is 0. The Balaban J connectivity index is 0. The van der Waals surface area contributed by atoms with Crippen LogP contribution in [0.25, 0.3) is 0 Å². The Morgan fingerprint density at radius 2 is 1.56 bits per heavy atom. The first-order valence-corrected chi connectivity index (χ1v) is 2.97. The molecular formula is C6H12OV2. The van der Waals surface area contributed by atoms with Crippen LogP contribution in [-0.2, 0) is 41.8 Å². The number of hydrogen-bond acceptors (Lipinski definition) is 1. The van der Waals surface area contributed by atoms with Crippen molar-refractivity contribution in [3.05, 3.63) is 0 Å². The molecule has 0 aromatic carbocycles. The van der Waals surface area contributed by atoms with Gasteiger partial charge in [0.2, 0.25) is 0 Å². The van der Waals surface area contributed by atoms with E-state index in [0.717, 1.165) is 19.1 Å². The van der Waals surface area contributed by atoms with E-state index in [1.54, 1.807) is 0 Å². The third kappa shape index (κ3) is 5.57. The fraction of sp³-hybridized carbons (Fsp3) is 1.00. The Labute approximate surface area is 80.7 Å². The van der Waals surface area contributed by atoms with Crippen LogP contribution >= 0.6 is 0 Å². The molecule has 0 atom stereocenters. The molecule has 1 saturated heterocycles. The van der Waals surface area contributed by atoms with Crippen molar-refractivity contribution in [2.24, 2.45) is 5.92 Å². The average molecular weight is 202 g/mol. The van der Waals surface area contributed by atoms with Gasteiger partial charge < -0.3 is 4.74 Å². The maximum Gasteiger partial charge on any atom is 0.0468 e. The molecule has 0 unspecified atom stereocenters. The Hall–Kier alpha value is 1.13. The van der Waals surface area contributed by atoms with Crippen molar-refractivity contribution >= 4 is 0 Å². The van der Waals surface area contributed by atoms with E-state index in [0.29, 0.717) is 0 Å². The summed E-state index contributed by atoms with van der Waals surface area (Å²) in [4.78, 5) is 0. The van der Waals surface area contributed by atoms with E-state index in [4.69, 9.17) is 4.74 Å². The topological polar surface area (TPSA) is 9.23 Å². The summed E-state index contributed by atoms with van der Waals surface area (Å²) >= 11 is 0. The number of hydrogen-bond donors (Lipinski definition) is 0. The molecule has 1 aliphatic rings. The predicted molar refractivity (Wildman–Crippen MR) is 29.2 cm³/mol. The third-order valence-corrected chi connectivity index (χ3v) is 1.51. The summed E-state index contributed by atoms with van der Waals surface area (Å²) in [5.74, 6) is 0.911. The maximum atomic E-state index is 5.14. The Bertz CT molecular complexity index is 53.0. The second-order valence-electron chi connectivity index (χ2n) is 2.29. The van der Waals surface area contributed by atoms with Gasteiger partial charge in [-0.2, -0.15) is 0 Å². The molecule has 0 amide bonds. The molecule has 2 radical (unpaired) electrons. The van der Waals surface area contributed by atoms with Crippen molar-refractivity contribution in [3.8, 4) is 0 Å². The molecular weight excluding hydrogens is 190 g/mol. The first-order valence-electron chi connectivity index (χ1n) is 2.97. The van der Waals surface area contributed by atoms with Gasteiger partial charge in [0.15, 0.2) is 0 Å². The van der Waals surface area contributed by atoms with Gasteiger partial charge in [-0.05, 0) is 18.8 Å². The Morgan fingerprint density at radius 3 is 1.78 bits per heavy atom. The first kappa shape index (κ1) is 12.8. The number of rotatable bonds is 0.